The molecule has 0 fully saturated rings. The molecule has 0 saturated carbocycles. The first-order valence-electron chi connectivity index (χ1n) is 5.59. The highest BCUT2D eigenvalue weighted by Crippen LogP contribution is 2.00. The lowest BCUT2D eigenvalue weighted by Crippen LogP contribution is -2.36. The summed E-state index contributed by atoms with van der Waals surface area (Å²) in [5.74, 6) is 0.455. The predicted octanol–water partition coefficient (Wildman–Crippen LogP) is -0.199. The molecule has 1 rings (SSSR count). The molecule has 94 valence electrons. The molecule has 1 heterocycles. The van der Waals surface area contributed by atoms with Crippen molar-refractivity contribution in [3.05, 3.63) is 18.5 Å². The van der Waals surface area contributed by atoms with Crippen molar-refractivity contribution in [2.24, 2.45) is 0 Å². The van der Waals surface area contributed by atoms with Crippen LogP contribution in [0.4, 0.5) is 5.95 Å². The summed E-state index contributed by atoms with van der Waals surface area (Å²) >= 11 is 0. The second kappa shape index (κ2) is 7.56. The van der Waals surface area contributed by atoms with Crippen LogP contribution in [0.5, 0.6) is 0 Å². The molecule has 0 aliphatic rings. The quantitative estimate of drug-likeness (QED) is 0.643. The SMILES string of the molecule is CN(CC(=O)NCCCCO)c1ncccn1. The zero-order valence-electron chi connectivity index (χ0n) is 9.96. The third-order valence-electron chi connectivity index (χ3n) is 2.18. The Labute approximate surface area is 101 Å². The number of anilines is 1. The Hall–Kier alpha value is -1.69. The average Bonchev–Trinajstić information content (AvgIpc) is 2.36. The molecule has 1 amide bonds. The Morgan fingerprint density at radius 2 is 2.12 bits per heavy atom. The van der Waals surface area contributed by atoms with Gasteiger partial charge in [0.1, 0.15) is 0 Å². The first-order chi connectivity index (χ1) is 8.24. The van der Waals surface area contributed by atoms with Crippen molar-refractivity contribution >= 4 is 11.9 Å². The minimum atomic E-state index is -0.0714. The highest BCUT2D eigenvalue weighted by Gasteiger charge is 2.08. The number of carbonyl (C=O) groups is 1. The summed E-state index contributed by atoms with van der Waals surface area (Å²) in [5, 5.41) is 11.4. The number of hydrogen-bond donors (Lipinski definition) is 2. The molecule has 0 radical (unpaired) electrons. The summed E-state index contributed by atoms with van der Waals surface area (Å²) in [7, 11) is 1.77. The van der Waals surface area contributed by atoms with Crippen molar-refractivity contribution in [3.8, 4) is 0 Å². The molecule has 6 nitrogen and oxygen atoms in total. The van der Waals surface area contributed by atoms with Crippen molar-refractivity contribution < 1.29 is 9.90 Å². The molecule has 17 heavy (non-hydrogen) atoms. The fourth-order valence-electron chi connectivity index (χ4n) is 1.29. The predicted molar refractivity (Wildman–Crippen MR) is 64.6 cm³/mol. The maximum absolute atomic E-state index is 11.5. The van der Waals surface area contributed by atoms with E-state index in [4.69, 9.17) is 5.11 Å². The van der Waals surface area contributed by atoms with Gasteiger partial charge in [0.25, 0.3) is 0 Å². The summed E-state index contributed by atoms with van der Waals surface area (Å²) < 4.78 is 0. The molecular weight excluding hydrogens is 220 g/mol. The van der Waals surface area contributed by atoms with Gasteiger partial charge in [-0.2, -0.15) is 0 Å². The van der Waals surface area contributed by atoms with Crippen LogP contribution in [0.2, 0.25) is 0 Å². The number of nitrogens with zero attached hydrogens (tertiary/aromatic N) is 3. The minimum absolute atomic E-state index is 0.0714. The van der Waals surface area contributed by atoms with Crippen molar-refractivity contribution in [1.82, 2.24) is 15.3 Å². The van der Waals surface area contributed by atoms with Gasteiger partial charge in [-0.1, -0.05) is 0 Å². The summed E-state index contributed by atoms with van der Waals surface area (Å²) in [5.41, 5.74) is 0. The van der Waals surface area contributed by atoms with Gasteiger partial charge in [-0.25, -0.2) is 9.97 Å². The van der Waals surface area contributed by atoms with Gasteiger partial charge in [-0.3, -0.25) is 4.79 Å². The second-order valence-electron chi connectivity index (χ2n) is 3.69. The molecule has 1 aromatic heterocycles. The molecule has 0 spiro atoms. The maximum Gasteiger partial charge on any atom is 0.239 e. The highest BCUT2D eigenvalue weighted by molar-refractivity contribution is 5.80. The van der Waals surface area contributed by atoms with Gasteiger partial charge < -0.3 is 15.3 Å². The second-order valence-corrected chi connectivity index (χ2v) is 3.69. The zero-order chi connectivity index (χ0) is 12.5. The van der Waals surface area contributed by atoms with E-state index in [1.807, 2.05) is 0 Å². The molecule has 0 aliphatic heterocycles. The molecule has 0 atom stereocenters. The largest absolute Gasteiger partial charge is 0.396 e. The van der Waals surface area contributed by atoms with Crippen molar-refractivity contribution in [1.29, 1.82) is 0 Å². The number of rotatable bonds is 7. The van der Waals surface area contributed by atoms with E-state index in [1.165, 1.54) is 0 Å². The number of unbranched alkanes of at least 4 members (excludes halogenated alkanes) is 1. The monoisotopic (exact) mass is 238 g/mol. The van der Waals surface area contributed by atoms with Crippen molar-refractivity contribution in [2.75, 3.05) is 31.6 Å². The molecule has 0 saturated heterocycles. The van der Waals surface area contributed by atoms with Gasteiger partial charge in [0.2, 0.25) is 11.9 Å². The molecule has 6 heteroatoms. The van der Waals surface area contributed by atoms with Crippen LogP contribution >= 0.6 is 0 Å². The smallest absolute Gasteiger partial charge is 0.239 e. The standard InChI is InChI=1S/C11H18N4O2/c1-15(11-13-6-4-7-14-11)9-10(17)12-5-2-3-8-16/h4,6-7,16H,2-3,5,8-9H2,1H3,(H,12,17). The number of likely N-dealkylation sites (N-methyl/N-ethyl adjacent to an activating group) is 1. The summed E-state index contributed by atoms with van der Waals surface area (Å²) in [6.45, 7) is 0.972. The maximum atomic E-state index is 11.5. The number of carbonyl (C=O) groups excluding carboxylic acids is 1. The number of amides is 1. The number of aromatic nitrogens is 2. The van der Waals surface area contributed by atoms with E-state index in [2.05, 4.69) is 15.3 Å². The van der Waals surface area contributed by atoms with Crippen LogP contribution in [-0.4, -0.2) is 47.7 Å². The average molecular weight is 238 g/mol. The highest BCUT2D eigenvalue weighted by atomic mass is 16.2. The lowest BCUT2D eigenvalue weighted by Gasteiger charge is -2.15. The fraction of sp³-hybridized carbons (Fsp3) is 0.545. The summed E-state index contributed by atoms with van der Waals surface area (Å²) in [6.07, 6.45) is 4.77. The summed E-state index contributed by atoms with van der Waals surface area (Å²) in [4.78, 5) is 21.3. The van der Waals surface area contributed by atoms with Crippen LogP contribution in [0.15, 0.2) is 18.5 Å². The van der Waals surface area contributed by atoms with E-state index in [9.17, 15) is 4.79 Å². The fourth-order valence-corrected chi connectivity index (χ4v) is 1.29. The number of nitrogens with one attached hydrogen (secondary N) is 1. The van der Waals surface area contributed by atoms with Crippen molar-refractivity contribution in [3.63, 3.8) is 0 Å². The first kappa shape index (κ1) is 13.4. The van der Waals surface area contributed by atoms with E-state index in [-0.39, 0.29) is 19.1 Å². The normalized spacial score (nSPS) is 10.0. The lowest BCUT2D eigenvalue weighted by atomic mass is 10.3. The molecule has 0 bridgehead atoms. The van der Waals surface area contributed by atoms with Gasteiger partial charge in [0, 0.05) is 32.6 Å². The van der Waals surface area contributed by atoms with Gasteiger partial charge >= 0.3 is 0 Å². The van der Waals surface area contributed by atoms with E-state index in [0.29, 0.717) is 18.9 Å². The van der Waals surface area contributed by atoms with Crippen LogP contribution in [0, 0.1) is 0 Å². The molecule has 0 unspecified atom stereocenters. The van der Waals surface area contributed by atoms with Crippen LogP contribution in [0.3, 0.4) is 0 Å². The number of aliphatic hydroxyl groups excluding tert-OH is 1. The lowest BCUT2D eigenvalue weighted by molar-refractivity contribution is -0.119. The number of aliphatic hydroxyl groups is 1. The van der Waals surface area contributed by atoms with Crippen LogP contribution in [0.1, 0.15) is 12.8 Å². The molecule has 0 aliphatic carbocycles. The Kier molecular flexibility index (Phi) is 5.95. The first-order valence-corrected chi connectivity index (χ1v) is 5.59. The Morgan fingerprint density at radius 1 is 1.41 bits per heavy atom. The molecule has 0 aromatic carbocycles. The molecule has 1 aromatic rings. The van der Waals surface area contributed by atoms with Crippen LogP contribution < -0.4 is 10.2 Å². The van der Waals surface area contributed by atoms with E-state index in [0.717, 1.165) is 6.42 Å². The van der Waals surface area contributed by atoms with Crippen LogP contribution in [0.25, 0.3) is 0 Å². The van der Waals surface area contributed by atoms with E-state index in [1.54, 1.807) is 30.4 Å². The minimum Gasteiger partial charge on any atom is -0.396 e. The third kappa shape index (κ3) is 5.26. The van der Waals surface area contributed by atoms with Gasteiger partial charge in [-0.15, -0.1) is 0 Å². The topological polar surface area (TPSA) is 78.4 Å². The summed E-state index contributed by atoms with van der Waals surface area (Å²) in [6, 6.07) is 1.73. The van der Waals surface area contributed by atoms with Crippen LogP contribution in [-0.2, 0) is 4.79 Å². The Balaban J connectivity index is 2.26. The third-order valence-corrected chi connectivity index (χ3v) is 2.18. The molecule has 2 N–H and O–H groups in total. The Bertz CT molecular complexity index is 332. The number of hydrogen-bond acceptors (Lipinski definition) is 5. The Morgan fingerprint density at radius 3 is 2.76 bits per heavy atom. The van der Waals surface area contributed by atoms with Gasteiger partial charge in [-0.05, 0) is 18.9 Å². The zero-order valence-corrected chi connectivity index (χ0v) is 9.96. The van der Waals surface area contributed by atoms with Gasteiger partial charge in [0.05, 0.1) is 6.54 Å². The van der Waals surface area contributed by atoms with Crippen molar-refractivity contribution in [2.45, 2.75) is 12.8 Å². The van der Waals surface area contributed by atoms with E-state index < -0.39 is 0 Å². The molecular formula is C11H18N4O2. The van der Waals surface area contributed by atoms with E-state index >= 15 is 0 Å². The van der Waals surface area contributed by atoms with Gasteiger partial charge in [0.15, 0.2) is 0 Å².